The highest BCUT2D eigenvalue weighted by molar-refractivity contribution is 6.30. The molecule has 1 heterocycles. The zero-order valence-corrected chi connectivity index (χ0v) is 13.6. The summed E-state index contributed by atoms with van der Waals surface area (Å²) in [5, 5.41) is 4.30. The third-order valence-corrected chi connectivity index (χ3v) is 3.65. The van der Waals surface area contributed by atoms with Crippen LogP contribution in [-0.2, 0) is 22.6 Å². The van der Waals surface area contributed by atoms with E-state index in [2.05, 4.69) is 5.16 Å². The maximum Gasteiger partial charge on any atom is 0.310 e. The lowest BCUT2D eigenvalue weighted by molar-refractivity contribution is -0.144. The van der Waals surface area contributed by atoms with Crippen molar-refractivity contribution in [1.29, 1.82) is 0 Å². The van der Waals surface area contributed by atoms with Crippen molar-refractivity contribution in [3.8, 4) is 11.3 Å². The molecule has 0 radical (unpaired) electrons. The molecule has 3 aromatic rings. The number of esters is 1. The van der Waals surface area contributed by atoms with Crippen LogP contribution in [0.1, 0.15) is 11.3 Å². The number of ether oxygens (including phenoxy) is 1. The predicted molar refractivity (Wildman–Crippen MR) is 86.8 cm³/mol. The van der Waals surface area contributed by atoms with Crippen LogP contribution in [0.15, 0.2) is 53.1 Å². The SMILES string of the molecule is O=C(Cc1ccc(Cl)cc1)OCc1cc(-c2ccc(F)cc2F)on1. The summed E-state index contributed by atoms with van der Waals surface area (Å²) < 4.78 is 36.8. The topological polar surface area (TPSA) is 52.3 Å². The smallest absolute Gasteiger partial charge is 0.310 e. The van der Waals surface area contributed by atoms with Crippen molar-refractivity contribution in [3.63, 3.8) is 0 Å². The Bertz CT molecular complexity index is 894. The lowest BCUT2D eigenvalue weighted by Gasteiger charge is -2.02. The standard InChI is InChI=1S/C18H12ClF2NO3/c19-12-3-1-11(2-4-12)7-18(23)24-10-14-9-17(25-22-14)15-6-5-13(20)8-16(15)21/h1-6,8-9H,7,10H2. The Hall–Kier alpha value is -2.73. The zero-order valence-electron chi connectivity index (χ0n) is 12.8. The number of rotatable bonds is 5. The van der Waals surface area contributed by atoms with Crippen LogP contribution in [0, 0.1) is 11.6 Å². The summed E-state index contributed by atoms with van der Waals surface area (Å²) in [6, 6.07) is 11.4. The van der Waals surface area contributed by atoms with Crippen LogP contribution >= 0.6 is 11.6 Å². The van der Waals surface area contributed by atoms with Gasteiger partial charge in [-0.05, 0) is 29.8 Å². The van der Waals surface area contributed by atoms with E-state index in [4.69, 9.17) is 20.9 Å². The molecule has 0 atom stereocenters. The fraction of sp³-hybridized carbons (Fsp3) is 0.111. The number of aromatic nitrogens is 1. The molecule has 0 aliphatic heterocycles. The summed E-state index contributed by atoms with van der Waals surface area (Å²) in [5.41, 5.74) is 1.17. The molecule has 0 saturated carbocycles. The van der Waals surface area contributed by atoms with Crippen molar-refractivity contribution in [3.05, 3.63) is 76.4 Å². The van der Waals surface area contributed by atoms with Gasteiger partial charge in [-0.25, -0.2) is 8.78 Å². The first-order valence-corrected chi connectivity index (χ1v) is 7.70. The van der Waals surface area contributed by atoms with Gasteiger partial charge in [0.25, 0.3) is 0 Å². The minimum atomic E-state index is -0.762. The number of benzene rings is 2. The van der Waals surface area contributed by atoms with Gasteiger partial charge in [0.1, 0.15) is 23.9 Å². The summed E-state index contributed by atoms with van der Waals surface area (Å²) >= 11 is 5.78. The molecule has 1 aromatic heterocycles. The number of halogens is 3. The zero-order chi connectivity index (χ0) is 17.8. The molecule has 0 saturated heterocycles. The van der Waals surface area contributed by atoms with Crippen LogP contribution in [0.4, 0.5) is 8.78 Å². The first kappa shape index (κ1) is 17.1. The number of nitrogens with zero attached hydrogens (tertiary/aromatic N) is 1. The monoisotopic (exact) mass is 363 g/mol. The maximum atomic E-state index is 13.7. The van der Waals surface area contributed by atoms with E-state index >= 15 is 0 Å². The molecule has 0 bridgehead atoms. The van der Waals surface area contributed by atoms with Gasteiger partial charge in [-0.15, -0.1) is 0 Å². The van der Waals surface area contributed by atoms with Crippen LogP contribution in [0.3, 0.4) is 0 Å². The van der Waals surface area contributed by atoms with Crippen molar-refractivity contribution in [1.82, 2.24) is 5.16 Å². The second-order valence-electron chi connectivity index (χ2n) is 5.27. The van der Waals surface area contributed by atoms with Gasteiger partial charge < -0.3 is 9.26 Å². The van der Waals surface area contributed by atoms with Gasteiger partial charge in [-0.2, -0.15) is 0 Å². The molecule has 0 unspecified atom stereocenters. The average Bonchev–Trinajstić information content (AvgIpc) is 3.04. The summed E-state index contributed by atoms with van der Waals surface area (Å²) in [6.45, 7) is -0.112. The van der Waals surface area contributed by atoms with Crippen molar-refractivity contribution in [2.75, 3.05) is 0 Å². The summed E-state index contributed by atoms with van der Waals surface area (Å²) in [6.07, 6.45) is 0.0917. The fourth-order valence-corrected chi connectivity index (χ4v) is 2.30. The normalized spacial score (nSPS) is 10.7. The average molecular weight is 364 g/mol. The highest BCUT2D eigenvalue weighted by atomic mass is 35.5. The van der Waals surface area contributed by atoms with Gasteiger partial charge in [0.05, 0.1) is 12.0 Å². The Morgan fingerprint density at radius 2 is 1.88 bits per heavy atom. The fourth-order valence-electron chi connectivity index (χ4n) is 2.17. The van der Waals surface area contributed by atoms with Gasteiger partial charge in [0.15, 0.2) is 5.76 Å². The van der Waals surface area contributed by atoms with Gasteiger partial charge in [0.2, 0.25) is 0 Å². The van der Waals surface area contributed by atoms with Crippen LogP contribution < -0.4 is 0 Å². The van der Waals surface area contributed by atoms with E-state index in [1.54, 1.807) is 24.3 Å². The minimum absolute atomic E-state index is 0.0765. The van der Waals surface area contributed by atoms with E-state index in [9.17, 15) is 13.6 Å². The molecular weight excluding hydrogens is 352 g/mol. The molecule has 0 spiro atoms. The van der Waals surface area contributed by atoms with E-state index < -0.39 is 17.6 Å². The second kappa shape index (κ2) is 7.44. The van der Waals surface area contributed by atoms with E-state index in [0.29, 0.717) is 10.7 Å². The Morgan fingerprint density at radius 3 is 2.60 bits per heavy atom. The highest BCUT2D eigenvalue weighted by Gasteiger charge is 2.13. The van der Waals surface area contributed by atoms with Gasteiger partial charge in [-0.3, -0.25) is 4.79 Å². The highest BCUT2D eigenvalue weighted by Crippen LogP contribution is 2.24. The van der Waals surface area contributed by atoms with Crippen molar-refractivity contribution >= 4 is 17.6 Å². The Balaban J connectivity index is 1.59. The molecule has 2 aromatic carbocycles. The summed E-state index contributed by atoms with van der Waals surface area (Å²) in [4.78, 5) is 11.8. The Morgan fingerprint density at radius 1 is 1.12 bits per heavy atom. The first-order valence-electron chi connectivity index (χ1n) is 7.32. The minimum Gasteiger partial charge on any atom is -0.459 e. The summed E-state index contributed by atoms with van der Waals surface area (Å²) in [7, 11) is 0. The maximum absolute atomic E-state index is 13.7. The van der Waals surface area contributed by atoms with Gasteiger partial charge in [0, 0.05) is 17.2 Å². The van der Waals surface area contributed by atoms with Crippen LogP contribution in [0.2, 0.25) is 5.02 Å². The van der Waals surface area contributed by atoms with Gasteiger partial charge >= 0.3 is 5.97 Å². The largest absolute Gasteiger partial charge is 0.459 e. The second-order valence-corrected chi connectivity index (χ2v) is 5.71. The molecular formula is C18H12ClF2NO3. The van der Waals surface area contributed by atoms with Crippen molar-refractivity contribution < 1.29 is 22.8 Å². The molecule has 0 aliphatic carbocycles. The van der Waals surface area contributed by atoms with Crippen LogP contribution in [-0.4, -0.2) is 11.1 Å². The van der Waals surface area contributed by atoms with Gasteiger partial charge in [-0.1, -0.05) is 28.9 Å². The molecule has 0 fully saturated rings. The molecule has 4 nitrogen and oxygen atoms in total. The first-order chi connectivity index (χ1) is 12.0. The van der Waals surface area contributed by atoms with E-state index in [1.165, 1.54) is 12.1 Å². The van der Waals surface area contributed by atoms with E-state index in [-0.39, 0.29) is 24.4 Å². The molecule has 0 N–H and O–H groups in total. The number of carbonyl (C=O) groups is 1. The number of carbonyl (C=O) groups excluding carboxylic acids is 1. The van der Waals surface area contributed by atoms with E-state index in [0.717, 1.165) is 17.7 Å². The Kier molecular flexibility index (Phi) is 5.09. The lowest BCUT2D eigenvalue weighted by Crippen LogP contribution is -2.08. The van der Waals surface area contributed by atoms with E-state index in [1.807, 2.05) is 0 Å². The third-order valence-electron chi connectivity index (χ3n) is 3.40. The lowest BCUT2D eigenvalue weighted by atomic mass is 10.1. The molecule has 7 heteroatoms. The number of hydrogen-bond donors (Lipinski definition) is 0. The molecule has 0 aliphatic rings. The number of hydrogen-bond acceptors (Lipinski definition) is 4. The quantitative estimate of drug-likeness (QED) is 0.624. The predicted octanol–water partition coefficient (Wildman–Crippen LogP) is 4.56. The van der Waals surface area contributed by atoms with Crippen LogP contribution in [0.25, 0.3) is 11.3 Å². The third kappa shape index (κ3) is 4.42. The molecule has 128 valence electrons. The molecule has 0 amide bonds. The molecule has 3 rings (SSSR count). The summed E-state index contributed by atoms with van der Waals surface area (Å²) in [5.74, 6) is -1.76. The van der Waals surface area contributed by atoms with Crippen molar-refractivity contribution in [2.24, 2.45) is 0 Å². The van der Waals surface area contributed by atoms with Crippen molar-refractivity contribution in [2.45, 2.75) is 13.0 Å². The Labute approximate surface area is 147 Å². The van der Waals surface area contributed by atoms with Crippen LogP contribution in [0.5, 0.6) is 0 Å². The molecule has 25 heavy (non-hydrogen) atoms.